The Morgan fingerprint density at radius 1 is 1.46 bits per heavy atom. The smallest absolute Gasteiger partial charge is 0.545 e. The summed E-state index contributed by atoms with van der Waals surface area (Å²) in [5.41, 5.74) is 0.827. The number of aliphatic carboxylic acids is 1. The number of rotatable bonds is 2. The molecular formula is C9H6AgBrO2. The molecule has 0 saturated carbocycles. The number of carbonyl (C=O) groups is 1. The molecule has 0 bridgehead atoms. The monoisotopic (exact) mass is 332 g/mol. The van der Waals surface area contributed by atoms with Crippen LogP contribution in [-0.4, -0.2) is 5.97 Å². The maximum Gasteiger partial charge on any atom is 1.00 e. The minimum Gasteiger partial charge on any atom is -0.545 e. The van der Waals surface area contributed by atoms with E-state index in [2.05, 4.69) is 15.9 Å². The van der Waals surface area contributed by atoms with Crippen LogP contribution in [0.1, 0.15) is 5.56 Å². The van der Waals surface area contributed by atoms with Gasteiger partial charge in [0.15, 0.2) is 0 Å². The molecule has 1 rings (SSSR count). The largest absolute Gasteiger partial charge is 1.00 e. The van der Waals surface area contributed by atoms with Crippen molar-refractivity contribution in [2.45, 2.75) is 0 Å². The maximum absolute atomic E-state index is 10.0. The Labute approximate surface area is 100 Å². The number of carboxylic acids is 1. The van der Waals surface area contributed by atoms with Crippen LogP contribution in [-0.2, 0) is 27.2 Å². The van der Waals surface area contributed by atoms with Gasteiger partial charge >= 0.3 is 22.4 Å². The van der Waals surface area contributed by atoms with Crippen molar-refractivity contribution in [1.82, 2.24) is 0 Å². The van der Waals surface area contributed by atoms with Gasteiger partial charge in [0.25, 0.3) is 0 Å². The zero-order chi connectivity index (χ0) is 8.97. The van der Waals surface area contributed by atoms with E-state index >= 15 is 0 Å². The topological polar surface area (TPSA) is 40.1 Å². The molecule has 0 atom stereocenters. The fourth-order valence-corrected chi connectivity index (χ4v) is 1.19. The number of carbonyl (C=O) groups excluding carboxylic acids is 1. The summed E-state index contributed by atoms with van der Waals surface area (Å²) in [6.07, 6.45) is 2.49. The van der Waals surface area contributed by atoms with Gasteiger partial charge < -0.3 is 9.90 Å². The van der Waals surface area contributed by atoms with E-state index in [-0.39, 0.29) is 22.4 Å². The maximum atomic E-state index is 10.0. The quantitative estimate of drug-likeness (QED) is 0.603. The van der Waals surface area contributed by atoms with Crippen molar-refractivity contribution in [3.63, 3.8) is 0 Å². The molecule has 0 aliphatic carbocycles. The third-order valence-electron chi connectivity index (χ3n) is 1.26. The van der Waals surface area contributed by atoms with Crippen LogP contribution in [0.25, 0.3) is 6.08 Å². The van der Waals surface area contributed by atoms with E-state index in [1.807, 2.05) is 24.3 Å². The first-order valence-corrected chi connectivity index (χ1v) is 4.12. The summed E-state index contributed by atoms with van der Waals surface area (Å²) in [5, 5.41) is 10.0. The molecule has 0 saturated heterocycles. The number of benzene rings is 1. The van der Waals surface area contributed by atoms with Crippen molar-refractivity contribution in [3.05, 3.63) is 40.4 Å². The van der Waals surface area contributed by atoms with E-state index < -0.39 is 5.97 Å². The molecule has 0 unspecified atom stereocenters. The Hall–Kier alpha value is -0.350. The Morgan fingerprint density at radius 2 is 2.15 bits per heavy atom. The van der Waals surface area contributed by atoms with Gasteiger partial charge in [-0.05, 0) is 23.8 Å². The Morgan fingerprint density at radius 3 is 2.69 bits per heavy atom. The molecule has 13 heavy (non-hydrogen) atoms. The molecular weight excluding hydrogens is 328 g/mol. The predicted molar refractivity (Wildman–Crippen MR) is 48.2 cm³/mol. The van der Waals surface area contributed by atoms with Crippen molar-refractivity contribution >= 4 is 28.0 Å². The normalized spacial score (nSPS) is 9.62. The van der Waals surface area contributed by atoms with Gasteiger partial charge in [0.05, 0.1) is 5.97 Å². The third-order valence-corrected chi connectivity index (χ3v) is 1.75. The molecule has 0 heterocycles. The van der Waals surface area contributed by atoms with Crippen LogP contribution in [0, 0.1) is 0 Å². The summed E-state index contributed by atoms with van der Waals surface area (Å²) >= 11 is 3.27. The van der Waals surface area contributed by atoms with E-state index in [9.17, 15) is 9.90 Å². The van der Waals surface area contributed by atoms with Gasteiger partial charge in [-0.1, -0.05) is 34.1 Å². The molecule has 0 spiro atoms. The second-order valence-electron chi connectivity index (χ2n) is 2.21. The molecule has 0 radical (unpaired) electrons. The fourth-order valence-electron chi connectivity index (χ4n) is 0.775. The van der Waals surface area contributed by atoms with Gasteiger partial charge in [0.2, 0.25) is 0 Å². The minimum absolute atomic E-state index is 0. The first kappa shape index (κ1) is 12.7. The van der Waals surface area contributed by atoms with Crippen LogP contribution >= 0.6 is 15.9 Å². The van der Waals surface area contributed by atoms with Crippen LogP contribution in [0.15, 0.2) is 34.8 Å². The van der Waals surface area contributed by atoms with Crippen LogP contribution in [0.4, 0.5) is 0 Å². The Balaban J connectivity index is 0.00000144. The summed E-state index contributed by atoms with van der Waals surface area (Å²) in [7, 11) is 0. The number of halogens is 1. The summed E-state index contributed by atoms with van der Waals surface area (Å²) < 4.78 is 0.919. The number of carboxylic acid groups (broad SMARTS) is 1. The van der Waals surface area contributed by atoms with Gasteiger partial charge in [0, 0.05) is 4.47 Å². The zero-order valence-electron chi connectivity index (χ0n) is 6.46. The van der Waals surface area contributed by atoms with Crippen molar-refractivity contribution < 1.29 is 32.3 Å². The molecule has 1 aromatic carbocycles. The van der Waals surface area contributed by atoms with E-state index in [0.717, 1.165) is 16.1 Å². The molecule has 4 heteroatoms. The predicted octanol–water partition coefficient (Wildman–Crippen LogP) is 1.21. The number of hydrogen-bond acceptors (Lipinski definition) is 2. The van der Waals surface area contributed by atoms with Crippen molar-refractivity contribution in [2.24, 2.45) is 0 Å². The fraction of sp³-hybridized carbons (Fsp3) is 0. The summed E-state index contributed by atoms with van der Waals surface area (Å²) in [4.78, 5) is 10.0. The molecule has 0 fully saturated rings. The van der Waals surface area contributed by atoms with E-state index in [0.29, 0.717) is 0 Å². The third kappa shape index (κ3) is 5.06. The average Bonchev–Trinajstić information content (AvgIpc) is 2.01. The van der Waals surface area contributed by atoms with Crippen molar-refractivity contribution in [2.75, 3.05) is 0 Å². The summed E-state index contributed by atoms with van der Waals surface area (Å²) in [6, 6.07) is 7.33. The van der Waals surface area contributed by atoms with Gasteiger partial charge in [-0.25, -0.2) is 0 Å². The molecule has 2 nitrogen and oxygen atoms in total. The van der Waals surface area contributed by atoms with Crippen molar-refractivity contribution in [3.8, 4) is 0 Å². The van der Waals surface area contributed by atoms with Crippen LogP contribution in [0.5, 0.6) is 0 Å². The average molecular weight is 334 g/mol. The van der Waals surface area contributed by atoms with Crippen LogP contribution in [0.2, 0.25) is 0 Å². The molecule has 0 aromatic heterocycles. The van der Waals surface area contributed by atoms with Crippen LogP contribution in [0.3, 0.4) is 0 Å². The molecule has 72 valence electrons. The number of hydrogen-bond donors (Lipinski definition) is 0. The molecule has 0 aliphatic heterocycles. The van der Waals surface area contributed by atoms with Gasteiger partial charge in [0.1, 0.15) is 0 Å². The van der Waals surface area contributed by atoms with Gasteiger partial charge in [-0.2, -0.15) is 0 Å². The first-order chi connectivity index (χ1) is 5.68. The molecule has 0 aliphatic rings. The Kier molecular flexibility index (Phi) is 5.99. The minimum atomic E-state index is -1.19. The van der Waals surface area contributed by atoms with E-state index in [4.69, 9.17) is 0 Å². The molecule has 0 amide bonds. The van der Waals surface area contributed by atoms with E-state index in [1.54, 1.807) is 0 Å². The Bertz CT molecular complexity index is 323. The summed E-state index contributed by atoms with van der Waals surface area (Å²) in [6.45, 7) is 0. The van der Waals surface area contributed by atoms with Gasteiger partial charge in [-0.3, -0.25) is 0 Å². The second-order valence-corrected chi connectivity index (χ2v) is 3.12. The standard InChI is InChI=1S/C9H7BrO2.Ag/c10-8-3-1-2-7(6-8)4-5-9(11)12;/h1-6H,(H,11,12);/q;+1/p-1. The van der Waals surface area contributed by atoms with E-state index in [1.165, 1.54) is 6.08 Å². The summed E-state index contributed by atoms with van der Waals surface area (Å²) in [5.74, 6) is -1.19. The van der Waals surface area contributed by atoms with Gasteiger partial charge in [-0.15, -0.1) is 0 Å². The van der Waals surface area contributed by atoms with Crippen LogP contribution < -0.4 is 5.11 Å². The second kappa shape index (κ2) is 6.16. The SMILES string of the molecule is O=C([O-])C=Cc1cccc(Br)c1.[Ag+]. The molecule has 0 N–H and O–H groups in total. The van der Waals surface area contributed by atoms with Crippen molar-refractivity contribution in [1.29, 1.82) is 0 Å². The first-order valence-electron chi connectivity index (χ1n) is 3.33. The zero-order valence-corrected chi connectivity index (χ0v) is 9.53. The molecule has 1 aromatic rings.